The number of hydrogen-bond acceptors (Lipinski definition) is 3. The number of aryl methyl sites for hydroxylation is 2. The van der Waals surface area contributed by atoms with Gasteiger partial charge in [-0.25, -0.2) is 4.68 Å². The van der Waals surface area contributed by atoms with Crippen molar-refractivity contribution in [1.29, 1.82) is 0 Å². The Kier molecular flexibility index (Phi) is 6.73. The Morgan fingerprint density at radius 3 is 2.58 bits per heavy atom. The second kappa shape index (κ2) is 9.01. The third-order valence-corrected chi connectivity index (χ3v) is 3.84. The Morgan fingerprint density at radius 2 is 1.88 bits per heavy atom. The van der Waals surface area contributed by atoms with Gasteiger partial charge in [-0.2, -0.15) is 5.10 Å². The van der Waals surface area contributed by atoms with Crippen LogP contribution < -0.4 is 10.9 Å². The fourth-order valence-corrected chi connectivity index (χ4v) is 2.37. The molecule has 24 heavy (non-hydrogen) atoms. The van der Waals surface area contributed by atoms with Crippen LogP contribution in [0, 0.1) is 6.92 Å². The third-order valence-electron chi connectivity index (χ3n) is 3.84. The molecule has 2 aromatic rings. The first-order valence-electron chi connectivity index (χ1n) is 8.52. The van der Waals surface area contributed by atoms with Gasteiger partial charge in [0.1, 0.15) is 0 Å². The summed E-state index contributed by atoms with van der Waals surface area (Å²) in [6, 6.07) is 11.3. The summed E-state index contributed by atoms with van der Waals surface area (Å²) in [5.41, 5.74) is 2.78. The second-order valence-corrected chi connectivity index (χ2v) is 5.95. The van der Waals surface area contributed by atoms with Gasteiger partial charge in [0.15, 0.2) is 0 Å². The van der Waals surface area contributed by atoms with Gasteiger partial charge in [-0.3, -0.25) is 9.59 Å². The van der Waals surface area contributed by atoms with Crippen LogP contribution in [0.25, 0.3) is 11.3 Å². The molecule has 1 aromatic carbocycles. The van der Waals surface area contributed by atoms with Gasteiger partial charge in [0.2, 0.25) is 5.91 Å². The smallest absolute Gasteiger partial charge is 0.266 e. The summed E-state index contributed by atoms with van der Waals surface area (Å²) < 4.78 is 1.44. The summed E-state index contributed by atoms with van der Waals surface area (Å²) in [7, 11) is 0. The number of amides is 1. The lowest BCUT2D eigenvalue weighted by atomic mass is 10.1. The van der Waals surface area contributed by atoms with Crippen LogP contribution in [0.15, 0.2) is 41.2 Å². The van der Waals surface area contributed by atoms with Crippen LogP contribution in [-0.2, 0) is 11.3 Å². The summed E-state index contributed by atoms with van der Waals surface area (Å²) in [5.74, 6) is 0.0335. The zero-order chi connectivity index (χ0) is 17.4. The first-order valence-corrected chi connectivity index (χ1v) is 8.52. The predicted octanol–water partition coefficient (Wildman–Crippen LogP) is 2.92. The van der Waals surface area contributed by atoms with Crippen molar-refractivity contribution in [3.63, 3.8) is 0 Å². The largest absolute Gasteiger partial charge is 0.356 e. The molecule has 1 heterocycles. The van der Waals surface area contributed by atoms with Gasteiger partial charge in [-0.1, -0.05) is 43.2 Å². The number of nitrogens with one attached hydrogen (secondary N) is 1. The van der Waals surface area contributed by atoms with Gasteiger partial charge < -0.3 is 5.32 Å². The van der Waals surface area contributed by atoms with E-state index in [0.29, 0.717) is 19.4 Å². The number of carbonyl (C=O) groups excluding carboxylic acids is 1. The number of aromatic nitrogens is 2. The van der Waals surface area contributed by atoms with E-state index in [-0.39, 0.29) is 11.5 Å². The lowest BCUT2D eigenvalue weighted by molar-refractivity contribution is -0.121. The van der Waals surface area contributed by atoms with Crippen molar-refractivity contribution in [2.75, 3.05) is 6.54 Å². The van der Waals surface area contributed by atoms with E-state index in [1.807, 2.05) is 31.2 Å². The molecule has 1 N–H and O–H groups in total. The number of benzene rings is 1. The average Bonchev–Trinajstić information content (AvgIpc) is 2.57. The third kappa shape index (κ3) is 5.33. The molecular formula is C19H25N3O2. The predicted molar refractivity (Wildman–Crippen MR) is 95.8 cm³/mol. The topological polar surface area (TPSA) is 64.0 Å². The molecule has 0 radical (unpaired) electrons. The highest BCUT2D eigenvalue weighted by Gasteiger charge is 2.05. The quantitative estimate of drug-likeness (QED) is 0.758. The van der Waals surface area contributed by atoms with Gasteiger partial charge in [0.05, 0.1) is 5.69 Å². The van der Waals surface area contributed by atoms with E-state index in [4.69, 9.17) is 0 Å². The number of hydrogen-bond donors (Lipinski definition) is 1. The summed E-state index contributed by atoms with van der Waals surface area (Å²) in [5, 5.41) is 7.30. The van der Waals surface area contributed by atoms with Crippen LogP contribution in [0.4, 0.5) is 0 Å². The van der Waals surface area contributed by atoms with Crippen LogP contribution in [-0.4, -0.2) is 22.2 Å². The first-order chi connectivity index (χ1) is 11.6. The van der Waals surface area contributed by atoms with Crippen LogP contribution >= 0.6 is 0 Å². The van der Waals surface area contributed by atoms with E-state index in [9.17, 15) is 9.59 Å². The molecule has 0 aliphatic rings. The van der Waals surface area contributed by atoms with Crippen molar-refractivity contribution in [1.82, 2.24) is 15.1 Å². The fraction of sp³-hybridized carbons (Fsp3) is 0.421. The molecule has 0 aliphatic carbocycles. The first kappa shape index (κ1) is 17.9. The minimum atomic E-state index is -0.141. The maximum atomic E-state index is 11.9. The van der Waals surface area contributed by atoms with Crippen molar-refractivity contribution < 1.29 is 4.79 Å². The molecule has 128 valence electrons. The normalized spacial score (nSPS) is 10.6. The summed E-state index contributed by atoms with van der Waals surface area (Å²) in [6.07, 6.45) is 3.06. The van der Waals surface area contributed by atoms with E-state index >= 15 is 0 Å². The Bertz CT molecular complexity index is 720. The Labute approximate surface area is 142 Å². The molecule has 2 rings (SSSR count). The SMILES string of the molecule is CCCCNC(=O)CCCn1nc(-c2ccc(C)cc2)ccc1=O. The molecule has 0 unspecified atom stereocenters. The summed E-state index contributed by atoms with van der Waals surface area (Å²) in [4.78, 5) is 23.6. The molecule has 0 fully saturated rings. The Morgan fingerprint density at radius 1 is 1.12 bits per heavy atom. The lowest BCUT2D eigenvalue weighted by Gasteiger charge is -2.08. The van der Waals surface area contributed by atoms with Crippen LogP contribution in [0.5, 0.6) is 0 Å². The highest BCUT2D eigenvalue weighted by molar-refractivity contribution is 5.75. The maximum Gasteiger partial charge on any atom is 0.266 e. The Balaban J connectivity index is 1.95. The van der Waals surface area contributed by atoms with Gasteiger partial charge in [-0.05, 0) is 25.8 Å². The van der Waals surface area contributed by atoms with Crippen LogP contribution in [0.3, 0.4) is 0 Å². The Hall–Kier alpha value is -2.43. The molecule has 1 aromatic heterocycles. The van der Waals surface area contributed by atoms with Crippen molar-refractivity contribution in [3.05, 3.63) is 52.3 Å². The summed E-state index contributed by atoms with van der Waals surface area (Å²) in [6.45, 7) is 5.28. The second-order valence-electron chi connectivity index (χ2n) is 5.95. The van der Waals surface area contributed by atoms with E-state index < -0.39 is 0 Å². The molecular weight excluding hydrogens is 302 g/mol. The molecule has 5 nitrogen and oxygen atoms in total. The standard InChI is InChI=1S/C19H25N3O2/c1-3-4-13-20-18(23)6-5-14-22-19(24)12-11-17(21-22)16-9-7-15(2)8-10-16/h7-12H,3-6,13-14H2,1-2H3,(H,20,23). The molecule has 1 amide bonds. The number of nitrogens with zero attached hydrogens (tertiary/aromatic N) is 2. The summed E-state index contributed by atoms with van der Waals surface area (Å²) >= 11 is 0. The highest BCUT2D eigenvalue weighted by Crippen LogP contribution is 2.15. The molecule has 0 atom stereocenters. The van der Waals surface area contributed by atoms with E-state index in [1.165, 1.54) is 16.3 Å². The van der Waals surface area contributed by atoms with Gasteiger partial charge >= 0.3 is 0 Å². The van der Waals surface area contributed by atoms with Crippen molar-refractivity contribution in [2.45, 2.75) is 46.1 Å². The van der Waals surface area contributed by atoms with Crippen molar-refractivity contribution in [3.8, 4) is 11.3 Å². The number of carbonyl (C=O) groups is 1. The number of rotatable bonds is 8. The highest BCUT2D eigenvalue weighted by atomic mass is 16.1. The minimum Gasteiger partial charge on any atom is -0.356 e. The van der Waals surface area contributed by atoms with Gasteiger partial charge in [0.25, 0.3) is 5.56 Å². The lowest BCUT2D eigenvalue weighted by Crippen LogP contribution is -2.26. The monoisotopic (exact) mass is 327 g/mol. The maximum absolute atomic E-state index is 11.9. The van der Waals surface area contributed by atoms with Crippen molar-refractivity contribution in [2.24, 2.45) is 0 Å². The van der Waals surface area contributed by atoms with E-state index in [2.05, 4.69) is 17.3 Å². The molecule has 5 heteroatoms. The van der Waals surface area contributed by atoms with E-state index in [1.54, 1.807) is 6.07 Å². The fourth-order valence-electron chi connectivity index (χ4n) is 2.37. The molecule has 0 spiro atoms. The van der Waals surface area contributed by atoms with Crippen LogP contribution in [0.1, 0.15) is 38.2 Å². The van der Waals surface area contributed by atoms with Crippen molar-refractivity contribution >= 4 is 5.91 Å². The zero-order valence-corrected chi connectivity index (χ0v) is 14.4. The zero-order valence-electron chi connectivity index (χ0n) is 14.4. The van der Waals surface area contributed by atoms with E-state index in [0.717, 1.165) is 30.6 Å². The van der Waals surface area contributed by atoms with Gasteiger partial charge in [-0.15, -0.1) is 0 Å². The van der Waals surface area contributed by atoms with Crippen LogP contribution in [0.2, 0.25) is 0 Å². The number of unbranched alkanes of at least 4 members (excludes halogenated alkanes) is 1. The molecule has 0 aliphatic heterocycles. The molecule has 0 saturated heterocycles. The molecule has 0 bridgehead atoms. The molecule has 0 saturated carbocycles. The minimum absolute atomic E-state index is 0.0335. The average molecular weight is 327 g/mol. The van der Waals surface area contributed by atoms with Gasteiger partial charge in [0, 0.05) is 31.1 Å².